The molecule has 0 fully saturated rings. The molecule has 1 heterocycles. The molecule has 1 aliphatic heterocycles. The second-order valence-electron chi connectivity index (χ2n) is 3.53. The SMILES string of the molecule is COC(=O)c1cccc(C2(C)OC=CO2)c1. The summed E-state index contributed by atoms with van der Waals surface area (Å²) < 4.78 is 15.3. The van der Waals surface area contributed by atoms with Crippen molar-refractivity contribution in [1.82, 2.24) is 0 Å². The quantitative estimate of drug-likeness (QED) is 0.716. The molecule has 0 aliphatic carbocycles. The molecule has 4 nitrogen and oxygen atoms in total. The van der Waals surface area contributed by atoms with Crippen molar-refractivity contribution in [3.63, 3.8) is 0 Å². The fourth-order valence-electron chi connectivity index (χ4n) is 1.53. The van der Waals surface area contributed by atoms with Gasteiger partial charge in [-0.1, -0.05) is 12.1 Å². The maximum absolute atomic E-state index is 11.4. The Morgan fingerprint density at radius 3 is 2.62 bits per heavy atom. The van der Waals surface area contributed by atoms with Gasteiger partial charge in [-0.05, 0) is 12.1 Å². The molecule has 16 heavy (non-hydrogen) atoms. The van der Waals surface area contributed by atoms with E-state index < -0.39 is 5.79 Å². The van der Waals surface area contributed by atoms with E-state index in [4.69, 9.17) is 9.47 Å². The molecule has 0 amide bonds. The van der Waals surface area contributed by atoms with Crippen LogP contribution >= 0.6 is 0 Å². The average Bonchev–Trinajstić information content (AvgIpc) is 2.77. The van der Waals surface area contributed by atoms with Gasteiger partial charge in [-0.25, -0.2) is 4.79 Å². The van der Waals surface area contributed by atoms with Crippen molar-refractivity contribution in [2.24, 2.45) is 0 Å². The van der Waals surface area contributed by atoms with Gasteiger partial charge in [0.05, 0.1) is 12.7 Å². The third kappa shape index (κ3) is 1.74. The van der Waals surface area contributed by atoms with E-state index in [1.165, 1.54) is 19.6 Å². The van der Waals surface area contributed by atoms with E-state index in [1.54, 1.807) is 25.1 Å². The molecule has 0 bridgehead atoms. The molecule has 0 unspecified atom stereocenters. The van der Waals surface area contributed by atoms with Crippen LogP contribution in [0.3, 0.4) is 0 Å². The molecule has 0 aromatic heterocycles. The number of ether oxygens (including phenoxy) is 3. The summed E-state index contributed by atoms with van der Waals surface area (Å²) in [6, 6.07) is 6.97. The number of rotatable bonds is 2. The summed E-state index contributed by atoms with van der Waals surface area (Å²) in [6.45, 7) is 1.78. The molecule has 4 heteroatoms. The molecule has 84 valence electrons. The number of methoxy groups -OCH3 is 1. The summed E-state index contributed by atoms with van der Waals surface area (Å²) >= 11 is 0. The maximum Gasteiger partial charge on any atom is 0.337 e. The molecule has 0 spiro atoms. The third-order valence-electron chi connectivity index (χ3n) is 2.45. The van der Waals surface area contributed by atoms with Gasteiger partial charge in [0.15, 0.2) is 0 Å². The second-order valence-corrected chi connectivity index (χ2v) is 3.53. The van der Waals surface area contributed by atoms with E-state index in [1.807, 2.05) is 6.07 Å². The van der Waals surface area contributed by atoms with E-state index in [0.717, 1.165) is 5.56 Å². The van der Waals surface area contributed by atoms with Crippen molar-refractivity contribution in [3.8, 4) is 0 Å². The van der Waals surface area contributed by atoms with Crippen molar-refractivity contribution in [3.05, 3.63) is 47.9 Å². The molecule has 1 aliphatic rings. The highest BCUT2D eigenvalue weighted by Crippen LogP contribution is 2.31. The Morgan fingerprint density at radius 2 is 2.00 bits per heavy atom. The van der Waals surface area contributed by atoms with Crippen LogP contribution in [0.25, 0.3) is 0 Å². The lowest BCUT2D eigenvalue weighted by atomic mass is 10.0. The van der Waals surface area contributed by atoms with Crippen molar-refractivity contribution >= 4 is 5.97 Å². The highest BCUT2D eigenvalue weighted by Gasteiger charge is 2.32. The van der Waals surface area contributed by atoms with Crippen molar-refractivity contribution in [1.29, 1.82) is 0 Å². The Morgan fingerprint density at radius 1 is 1.31 bits per heavy atom. The average molecular weight is 220 g/mol. The molecule has 0 N–H and O–H groups in total. The predicted octanol–water partition coefficient (Wildman–Crippen LogP) is 2.16. The first-order valence-corrected chi connectivity index (χ1v) is 4.85. The maximum atomic E-state index is 11.4. The molecular formula is C12H12O4. The Labute approximate surface area is 93.4 Å². The largest absolute Gasteiger partial charge is 0.465 e. The summed E-state index contributed by atoms with van der Waals surface area (Å²) in [5.41, 5.74) is 1.24. The van der Waals surface area contributed by atoms with Crippen LogP contribution < -0.4 is 0 Å². The topological polar surface area (TPSA) is 44.8 Å². The Balaban J connectivity index is 2.32. The van der Waals surface area contributed by atoms with Crippen LogP contribution in [-0.2, 0) is 20.0 Å². The lowest BCUT2D eigenvalue weighted by Gasteiger charge is -2.23. The van der Waals surface area contributed by atoms with Gasteiger partial charge in [0.25, 0.3) is 5.79 Å². The molecule has 0 atom stereocenters. The molecular weight excluding hydrogens is 208 g/mol. The van der Waals surface area contributed by atoms with Gasteiger partial charge < -0.3 is 14.2 Å². The molecule has 1 aromatic carbocycles. The summed E-state index contributed by atoms with van der Waals surface area (Å²) in [4.78, 5) is 11.4. The van der Waals surface area contributed by atoms with Gasteiger partial charge in [-0.2, -0.15) is 0 Å². The zero-order valence-electron chi connectivity index (χ0n) is 9.10. The smallest absolute Gasteiger partial charge is 0.337 e. The highest BCUT2D eigenvalue weighted by molar-refractivity contribution is 5.89. The zero-order valence-corrected chi connectivity index (χ0v) is 9.10. The van der Waals surface area contributed by atoms with E-state index in [2.05, 4.69) is 4.74 Å². The predicted molar refractivity (Wildman–Crippen MR) is 56.4 cm³/mol. The molecule has 0 saturated carbocycles. The highest BCUT2D eigenvalue weighted by atomic mass is 16.7. The van der Waals surface area contributed by atoms with E-state index in [9.17, 15) is 4.79 Å². The van der Waals surface area contributed by atoms with Gasteiger partial charge in [0.1, 0.15) is 12.5 Å². The van der Waals surface area contributed by atoms with Crippen LogP contribution in [0.15, 0.2) is 36.8 Å². The zero-order chi connectivity index (χ0) is 11.6. The van der Waals surface area contributed by atoms with Gasteiger partial charge >= 0.3 is 5.97 Å². The Kier molecular flexibility index (Phi) is 2.56. The summed E-state index contributed by atoms with van der Waals surface area (Å²) in [7, 11) is 1.35. The van der Waals surface area contributed by atoms with Crippen molar-refractivity contribution in [2.75, 3.05) is 7.11 Å². The van der Waals surface area contributed by atoms with Crippen LogP contribution in [0.5, 0.6) is 0 Å². The first-order valence-electron chi connectivity index (χ1n) is 4.85. The third-order valence-corrected chi connectivity index (χ3v) is 2.45. The van der Waals surface area contributed by atoms with Crippen molar-refractivity contribution < 1.29 is 19.0 Å². The Hall–Kier alpha value is -1.97. The summed E-state index contributed by atoms with van der Waals surface area (Å²) in [6.07, 6.45) is 2.95. The molecule has 0 radical (unpaired) electrons. The standard InChI is InChI=1S/C12H12O4/c1-12(15-6-7-16-12)10-5-3-4-9(8-10)11(13)14-2/h3-8H,1-2H3. The van der Waals surface area contributed by atoms with Gasteiger partial charge in [-0.15, -0.1) is 0 Å². The number of hydrogen-bond acceptors (Lipinski definition) is 4. The van der Waals surface area contributed by atoms with Crippen LogP contribution in [0.4, 0.5) is 0 Å². The minimum absolute atomic E-state index is 0.378. The number of benzene rings is 1. The second kappa shape index (κ2) is 3.89. The lowest BCUT2D eigenvalue weighted by molar-refractivity contribution is -0.133. The summed E-state index contributed by atoms with van der Waals surface area (Å²) in [5.74, 6) is -1.24. The van der Waals surface area contributed by atoms with Crippen LogP contribution in [0.1, 0.15) is 22.8 Å². The van der Waals surface area contributed by atoms with E-state index in [0.29, 0.717) is 5.56 Å². The molecule has 2 rings (SSSR count). The monoisotopic (exact) mass is 220 g/mol. The minimum Gasteiger partial charge on any atom is -0.465 e. The fraction of sp³-hybridized carbons (Fsp3) is 0.250. The van der Waals surface area contributed by atoms with Crippen LogP contribution in [0.2, 0.25) is 0 Å². The van der Waals surface area contributed by atoms with Gasteiger partial charge in [-0.3, -0.25) is 0 Å². The molecule has 1 aromatic rings. The summed E-state index contributed by atoms with van der Waals surface area (Å²) in [5, 5.41) is 0. The van der Waals surface area contributed by atoms with Gasteiger partial charge in [0, 0.05) is 12.5 Å². The van der Waals surface area contributed by atoms with Crippen molar-refractivity contribution in [2.45, 2.75) is 12.7 Å². The minimum atomic E-state index is -0.857. The number of carbonyl (C=O) groups excluding carboxylic acids is 1. The number of carbonyl (C=O) groups is 1. The fourth-order valence-corrected chi connectivity index (χ4v) is 1.53. The Bertz CT molecular complexity index is 428. The van der Waals surface area contributed by atoms with E-state index >= 15 is 0 Å². The first-order chi connectivity index (χ1) is 7.65. The lowest BCUT2D eigenvalue weighted by Crippen LogP contribution is -2.22. The molecule has 0 saturated heterocycles. The van der Waals surface area contributed by atoms with Crippen LogP contribution in [-0.4, -0.2) is 13.1 Å². The number of hydrogen-bond donors (Lipinski definition) is 0. The normalized spacial score (nSPS) is 16.4. The number of esters is 1. The van der Waals surface area contributed by atoms with E-state index in [-0.39, 0.29) is 5.97 Å². The van der Waals surface area contributed by atoms with Gasteiger partial charge in [0.2, 0.25) is 0 Å². The van der Waals surface area contributed by atoms with Crippen LogP contribution in [0, 0.1) is 0 Å². The first kappa shape index (κ1) is 10.5.